The smallest absolute Gasteiger partial charge is 0.120 e. The van der Waals surface area contributed by atoms with Crippen LogP contribution in [0.5, 0.6) is 0 Å². The second-order valence-electron chi connectivity index (χ2n) is 7.54. The van der Waals surface area contributed by atoms with Crippen molar-refractivity contribution in [1.29, 1.82) is 0 Å². The third kappa shape index (κ3) is 4.31. The first-order chi connectivity index (χ1) is 11.6. The highest BCUT2D eigenvalue weighted by atomic mass is 16.3. The molecule has 2 aromatic carbocycles. The number of rotatable bonds is 0. The normalized spacial score (nSPS) is 12.4. The number of hydrogen-bond donors (Lipinski definition) is 2. The molecule has 0 amide bonds. The zero-order valence-corrected chi connectivity index (χ0v) is 15.1. The molecule has 1 aliphatic rings. The molecule has 0 radical (unpaired) electrons. The first kappa shape index (κ1) is 17.3. The van der Waals surface area contributed by atoms with Gasteiger partial charge in [0.1, 0.15) is 11.2 Å². The molecule has 0 bridgehead atoms. The van der Waals surface area contributed by atoms with E-state index < -0.39 is 11.2 Å². The van der Waals surface area contributed by atoms with Crippen LogP contribution in [0.1, 0.15) is 49.9 Å². The lowest BCUT2D eigenvalue weighted by molar-refractivity contribution is 0.143. The van der Waals surface area contributed by atoms with Gasteiger partial charge in [-0.25, -0.2) is 0 Å². The summed E-state index contributed by atoms with van der Waals surface area (Å²) in [5.41, 5.74) is 4.78. The van der Waals surface area contributed by atoms with E-state index >= 15 is 0 Å². The SMILES string of the molecule is CC(C)(O)C#Cc1ccc2c(c1)Cc1cc(C#CC(C)(C)O)ccc1-2. The second-order valence-corrected chi connectivity index (χ2v) is 7.54. The van der Waals surface area contributed by atoms with Crippen LogP contribution in [0, 0.1) is 23.7 Å². The predicted molar refractivity (Wildman–Crippen MR) is 101 cm³/mol. The molecule has 2 N–H and O–H groups in total. The maximum atomic E-state index is 9.75. The average molecular weight is 330 g/mol. The molecular formula is C23H22O2. The Morgan fingerprint density at radius 2 is 1.12 bits per heavy atom. The van der Waals surface area contributed by atoms with Gasteiger partial charge in [-0.2, -0.15) is 0 Å². The van der Waals surface area contributed by atoms with Crippen molar-refractivity contribution < 1.29 is 10.2 Å². The second kappa shape index (κ2) is 6.08. The fraction of sp³-hybridized carbons (Fsp3) is 0.304. The molecule has 126 valence electrons. The van der Waals surface area contributed by atoms with E-state index in [0.29, 0.717) is 0 Å². The van der Waals surface area contributed by atoms with Gasteiger partial charge in [0.05, 0.1) is 0 Å². The van der Waals surface area contributed by atoms with Crippen LogP contribution in [-0.4, -0.2) is 21.4 Å². The molecule has 0 atom stereocenters. The number of benzene rings is 2. The van der Waals surface area contributed by atoms with E-state index in [2.05, 4.69) is 47.9 Å². The largest absolute Gasteiger partial charge is 0.378 e. The summed E-state index contributed by atoms with van der Waals surface area (Å²) in [6, 6.07) is 12.4. The van der Waals surface area contributed by atoms with Gasteiger partial charge >= 0.3 is 0 Å². The predicted octanol–water partition coefficient (Wildman–Crippen LogP) is 3.50. The van der Waals surface area contributed by atoms with Gasteiger partial charge in [0.15, 0.2) is 0 Å². The Morgan fingerprint density at radius 1 is 0.720 bits per heavy atom. The Bertz CT molecular complexity index is 867. The molecule has 0 fully saturated rings. The van der Waals surface area contributed by atoms with Crippen molar-refractivity contribution >= 4 is 0 Å². The molecular weight excluding hydrogens is 308 g/mol. The van der Waals surface area contributed by atoms with E-state index in [4.69, 9.17) is 0 Å². The Labute approximate surface area is 149 Å². The van der Waals surface area contributed by atoms with Crippen molar-refractivity contribution in [3.63, 3.8) is 0 Å². The zero-order chi connectivity index (χ0) is 18.2. The minimum Gasteiger partial charge on any atom is -0.378 e. The molecule has 2 nitrogen and oxygen atoms in total. The lowest BCUT2D eigenvalue weighted by atomic mass is 10.0. The fourth-order valence-electron chi connectivity index (χ4n) is 2.82. The number of aliphatic hydroxyl groups is 2. The summed E-state index contributed by atoms with van der Waals surface area (Å²) in [4.78, 5) is 0. The van der Waals surface area contributed by atoms with Crippen molar-refractivity contribution in [3.8, 4) is 34.8 Å². The fourth-order valence-corrected chi connectivity index (χ4v) is 2.82. The van der Waals surface area contributed by atoms with Crippen molar-refractivity contribution in [2.75, 3.05) is 0 Å². The molecule has 2 heteroatoms. The summed E-state index contributed by atoms with van der Waals surface area (Å²) in [6.45, 7) is 6.72. The molecule has 0 saturated carbocycles. The molecule has 0 aliphatic heterocycles. The Kier molecular flexibility index (Phi) is 4.21. The van der Waals surface area contributed by atoms with Crippen molar-refractivity contribution in [3.05, 3.63) is 58.7 Å². The molecule has 3 rings (SSSR count). The maximum absolute atomic E-state index is 9.75. The van der Waals surface area contributed by atoms with E-state index in [9.17, 15) is 10.2 Å². The van der Waals surface area contributed by atoms with E-state index in [0.717, 1.165) is 17.5 Å². The Balaban J connectivity index is 1.91. The minimum atomic E-state index is -0.990. The summed E-state index contributed by atoms with van der Waals surface area (Å²) >= 11 is 0. The number of hydrogen-bond acceptors (Lipinski definition) is 2. The highest BCUT2D eigenvalue weighted by Gasteiger charge is 2.18. The van der Waals surface area contributed by atoms with Gasteiger partial charge in [-0.1, -0.05) is 35.8 Å². The summed E-state index contributed by atoms with van der Waals surface area (Å²) in [6.07, 6.45) is 0.848. The Morgan fingerprint density at radius 3 is 1.48 bits per heavy atom. The van der Waals surface area contributed by atoms with Crippen LogP contribution >= 0.6 is 0 Å². The minimum absolute atomic E-state index is 0.848. The molecule has 0 spiro atoms. The van der Waals surface area contributed by atoms with E-state index in [1.54, 1.807) is 27.7 Å². The molecule has 0 unspecified atom stereocenters. The average Bonchev–Trinajstić information content (AvgIpc) is 2.86. The van der Waals surface area contributed by atoms with E-state index in [-0.39, 0.29) is 0 Å². The van der Waals surface area contributed by atoms with E-state index in [1.807, 2.05) is 12.1 Å². The molecule has 2 aromatic rings. The van der Waals surface area contributed by atoms with Crippen LogP contribution in [-0.2, 0) is 6.42 Å². The molecule has 1 aliphatic carbocycles. The molecule has 0 saturated heterocycles. The first-order valence-corrected chi connectivity index (χ1v) is 8.38. The van der Waals surface area contributed by atoms with Gasteiger partial charge in [-0.15, -0.1) is 0 Å². The highest BCUT2D eigenvalue weighted by molar-refractivity contribution is 5.78. The monoisotopic (exact) mass is 330 g/mol. The van der Waals surface area contributed by atoms with Crippen LogP contribution in [0.4, 0.5) is 0 Å². The zero-order valence-electron chi connectivity index (χ0n) is 15.1. The Hall–Kier alpha value is -2.52. The third-order valence-corrected chi connectivity index (χ3v) is 3.91. The van der Waals surface area contributed by atoms with Crippen LogP contribution in [0.2, 0.25) is 0 Å². The van der Waals surface area contributed by atoms with E-state index in [1.165, 1.54) is 22.3 Å². The van der Waals surface area contributed by atoms with Gasteiger partial charge in [0.2, 0.25) is 0 Å². The van der Waals surface area contributed by atoms with Gasteiger partial charge in [0.25, 0.3) is 0 Å². The van der Waals surface area contributed by atoms with Crippen LogP contribution < -0.4 is 0 Å². The summed E-state index contributed by atoms with van der Waals surface area (Å²) in [5.74, 6) is 11.8. The van der Waals surface area contributed by atoms with Crippen LogP contribution in [0.3, 0.4) is 0 Å². The van der Waals surface area contributed by atoms with Crippen LogP contribution in [0.25, 0.3) is 11.1 Å². The van der Waals surface area contributed by atoms with Crippen molar-refractivity contribution in [2.45, 2.75) is 45.3 Å². The molecule has 0 aromatic heterocycles. The van der Waals surface area contributed by atoms with Gasteiger partial charge in [-0.05, 0) is 80.6 Å². The lowest BCUT2D eigenvalue weighted by Crippen LogP contribution is -2.14. The maximum Gasteiger partial charge on any atom is 0.120 e. The summed E-state index contributed by atoms with van der Waals surface area (Å²) in [5, 5.41) is 19.5. The molecule has 25 heavy (non-hydrogen) atoms. The topological polar surface area (TPSA) is 40.5 Å². The third-order valence-electron chi connectivity index (χ3n) is 3.91. The lowest BCUT2D eigenvalue weighted by Gasteiger charge is -2.06. The summed E-state index contributed by atoms with van der Waals surface area (Å²) in [7, 11) is 0. The van der Waals surface area contributed by atoms with Gasteiger partial charge < -0.3 is 10.2 Å². The van der Waals surface area contributed by atoms with Gasteiger partial charge in [0, 0.05) is 11.1 Å². The summed E-state index contributed by atoms with van der Waals surface area (Å²) < 4.78 is 0. The van der Waals surface area contributed by atoms with Crippen molar-refractivity contribution in [1.82, 2.24) is 0 Å². The number of fused-ring (bicyclic) bond motifs is 3. The van der Waals surface area contributed by atoms with Gasteiger partial charge in [-0.3, -0.25) is 0 Å². The molecule has 0 heterocycles. The quantitative estimate of drug-likeness (QED) is 0.619. The van der Waals surface area contributed by atoms with Crippen molar-refractivity contribution in [2.24, 2.45) is 0 Å². The highest BCUT2D eigenvalue weighted by Crippen LogP contribution is 2.37. The standard InChI is InChI=1S/C23H22O2/c1-22(2,24)11-9-16-5-7-20-18(13-16)15-19-14-17(6-8-21(19)20)10-12-23(3,4)25/h5-8,13-14,24-25H,15H2,1-4H3. The van der Waals surface area contributed by atoms with Crippen LogP contribution in [0.15, 0.2) is 36.4 Å². The first-order valence-electron chi connectivity index (χ1n) is 8.38.